The molecule has 1 aromatic rings. The maximum absolute atomic E-state index is 2.38. The van der Waals surface area contributed by atoms with Crippen molar-refractivity contribution in [3.05, 3.63) is 41.5 Å². The van der Waals surface area contributed by atoms with Gasteiger partial charge in [-0.25, -0.2) is 0 Å². The van der Waals surface area contributed by atoms with Crippen LogP contribution in [0, 0.1) is 0 Å². The van der Waals surface area contributed by atoms with Crippen molar-refractivity contribution in [2.75, 3.05) is 0 Å². The van der Waals surface area contributed by atoms with Crippen molar-refractivity contribution in [3.63, 3.8) is 0 Å². The van der Waals surface area contributed by atoms with E-state index < -0.39 is 8.80 Å². The van der Waals surface area contributed by atoms with Crippen LogP contribution in [-0.4, -0.2) is 8.80 Å². The summed E-state index contributed by atoms with van der Waals surface area (Å²) in [6.45, 7) is 4.76. The second kappa shape index (κ2) is 4.14. The molecule has 1 aliphatic carbocycles. The highest BCUT2D eigenvalue weighted by molar-refractivity contribution is 6.70. The number of hydrogen-bond donors (Lipinski definition) is 0. The Hall–Kier alpha value is -0.823. The van der Waals surface area contributed by atoms with Gasteiger partial charge in [0.25, 0.3) is 0 Å². The lowest BCUT2D eigenvalue weighted by atomic mass is 9.93. The normalized spacial score (nSPS) is 15.2. The predicted octanol–water partition coefficient (Wildman–Crippen LogP) is 2.64. The van der Waals surface area contributed by atoms with Gasteiger partial charge in [0.05, 0.1) is 8.80 Å². The molecule has 0 N–H and O–H groups in total. The molecule has 1 aliphatic rings. The fraction of sp³-hybridized carbons (Fsp3) is 0.385. The second-order valence-electron chi connectivity index (χ2n) is 4.47. The van der Waals surface area contributed by atoms with Gasteiger partial charge >= 0.3 is 0 Å². The molecule has 2 rings (SSSR count). The van der Waals surface area contributed by atoms with E-state index >= 15 is 0 Å². The van der Waals surface area contributed by atoms with Crippen molar-refractivity contribution in [1.29, 1.82) is 0 Å². The maximum atomic E-state index is 2.38. The Morgan fingerprint density at radius 3 is 2.21 bits per heavy atom. The van der Waals surface area contributed by atoms with Crippen molar-refractivity contribution < 1.29 is 0 Å². The first-order chi connectivity index (χ1) is 6.75. The molecule has 0 heterocycles. The van der Waals surface area contributed by atoms with Crippen LogP contribution in [0.2, 0.25) is 13.1 Å². The van der Waals surface area contributed by atoms with Crippen LogP contribution >= 0.6 is 0 Å². The van der Waals surface area contributed by atoms with Crippen LogP contribution in [0.5, 0.6) is 0 Å². The molecule has 0 aromatic heterocycles. The fourth-order valence-electron chi connectivity index (χ4n) is 1.79. The zero-order chi connectivity index (χ0) is 9.97. The summed E-state index contributed by atoms with van der Waals surface area (Å²) >= 11 is 0. The first-order valence-corrected chi connectivity index (χ1v) is 8.41. The van der Waals surface area contributed by atoms with Crippen molar-refractivity contribution >= 4 is 14.0 Å². The van der Waals surface area contributed by atoms with Crippen LogP contribution in [0.25, 0.3) is 0 Å². The molecule has 0 aliphatic heterocycles. The monoisotopic (exact) mass is 202 g/mol. The molecular formula is C13H18Si. The lowest BCUT2D eigenvalue weighted by Gasteiger charge is -2.14. The van der Waals surface area contributed by atoms with Gasteiger partial charge in [0.1, 0.15) is 0 Å². The molecule has 14 heavy (non-hydrogen) atoms. The molecule has 0 nitrogen and oxygen atoms in total. The second-order valence-corrected chi connectivity index (χ2v) is 7.45. The molecule has 0 saturated heterocycles. The third-order valence-corrected chi connectivity index (χ3v) is 4.69. The van der Waals surface area contributed by atoms with E-state index in [9.17, 15) is 0 Å². The summed E-state index contributed by atoms with van der Waals surface area (Å²) in [6, 6.07) is 9.26. The minimum absolute atomic E-state index is 0.593. The highest BCUT2D eigenvalue weighted by atomic mass is 28.3. The minimum atomic E-state index is -0.593. The predicted molar refractivity (Wildman–Crippen MR) is 66.0 cm³/mol. The molecule has 0 unspecified atom stereocenters. The standard InChI is InChI=1S/C13H18Si/c1-14(2)13-8-6-12(7-9-13)10-11-4-3-5-11/h4,6-9,14H,3,5,10H2,1-2H3. The van der Waals surface area contributed by atoms with Crippen molar-refractivity contribution in [2.24, 2.45) is 0 Å². The molecular weight excluding hydrogens is 184 g/mol. The van der Waals surface area contributed by atoms with Crippen molar-refractivity contribution in [3.8, 4) is 0 Å². The van der Waals surface area contributed by atoms with Crippen LogP contribution in [0.4, 0.5) is 0 Å². The van der Waals surface area contributed by atoms with Gasteiger partial charge in [-0.2, -0.15) is 0 Å². The molecule has 1 heteroatoms. The first kappa shape index (κ1) is 9.72. The largest absolute Gasteiger partial charge is 0.0847 e. The van der Waals surface area contributed by atoms with Gasteiger partial charge in [-0.1, -0.05) is 54.2 Å². The van der Waals surface area contributed by atoms with Gasteiger partial charge < -0.3 is 0 Å². The van der Waals surface area contributed by atoms with Crippen molar-refractivity contribution in [1.82, 2.24) is 0 Å². The third kappa shape index (κ3) is 2.15. The molecule has 0 fully saturated rings. The van der Waals surface area contributed by atoms with E-state index in [0.717, 1.165) is 0 Å². The van der Waals surface area contributed by atoms with Crippen LogP contribution < -0.4 is 5.19 Å². The zero-order valence-electron chi connectivity index (χ0n) is 9.09. The Morgan fingerprint density at radius 1 is 1.14 bits per heavy atom. The SMILES string of the molecule is C[SiH](C)c1ccc(CC2=CCC2)cc1. The zero-order valence-corrected chi connectivity index (χ0v) is 10.2. The van der Waals surface area contributed by atoms with Crippen LogP contribution in [0.15, 0.2) is 35.9 Å². The fourth-order valence-corrected chi connectivity index (χ4v) is 2.75. The molecule has 0 bridgehead atoms. The maximum Gasteiger partial charge on any atom is 0.0647 e. The summed E-state index contributed by atoms with van der Waals surface area (Å²) in [5.41, 5.74) is 3.11. The number of allylic oxidation sites excluding steroid dienone is 2. The topological polar surface area (TPSA) is 0 Å². The van der Waals surface area contributed by atoms with E-state index in [4.69, 9.17) is 0 Å². The van der Waals surface area contributed by atoms with Crippen LogP contribution in [-0.2, 0) is 6.42 Å². The minimum Gasteiger partial charge on any atom is -0.0847 e. The number of rotatable bonds is 3. The Kier molecular flexibility index (Phi) is 2.87. The van der Waals surface area contributed by atoms with Crippen LogP contribution in [0.1, 0.15) is 18.4 Å². The van der Waals surface area contributed by atoms with Gasteiger partial charge in [0, 0.05) is 0 Å². The van der Waals surface area contributed by atoms with E-state index in [1.807, 2.05) is 0 Å². The van der Waals surface area contributed by atoms with Gasteiger partial charge in [-0.05, 0) is 24.8 Å². The highest BCUT2D eigenvalue weighted by Crippen LogP contribution is 2.21. The lowest BCUT2D eigenvalue weighted by Crippen LogP contribution is -2.21. The number of hydrogen-bond acceptors (Lipinski definition) is 0. The summed E-state index contributed by atoms with van der Waals surface area (Å²) in [7, 11) is -0.593. The number of benzene rings is 1. The first-order valence-electron chi connectivity index (χ1n) is 5.52. The van der Waals surface area contributed by atoms with E-state index in [-0.39, 0.29) is 0 Å². The van der Waals surface area contributed by atoms with E-state index in [0.29, 0.717) is 0 Å². The summed E-state index contributed by atoms with van der Waals surface area (Å²) in [5.74, 6) is 0. The molecule has 74 valence electrons. The van der Waals surface area contributed by atoms with Crippen molar-refractivity contribution in [2.45, 2.75) is 32.4 Å². The van der Waals surface area contributed by atoms with E-state index in [1.165, 1.54) is 24.8 Å². The molecule has 0 spiro atoms. The summed E-state index contributed by atoms with van der Waals surface area (Å²) < 4.78 is 0. The van der Waals surface area contributed by atoms with Gasteiger partial charge in [-0.3, -0.25) is 0 Å². The molecule has 0 radical (unpaired) electrons. The van der Waals surface area contributed by atoms with Gasteiger partial charge in [0.2, 0.25) is 0 Å². The highest BCUT2D eigenvalue weighted by Gasteiger charge is 2.06. The quantitative estimate of drug-likeness (QED) is 0.522. The Bertz CT molecular complexity index is 333. The molecule has 1 aromatic carbocycles. The summed E-state index contributed by atoms with van der Waals surface area (Å²) in [5, 5.41) is 1.58. The Balaban J connectivity index is 2.05. The molecule has 0 saturated carbocycles. The van der Waals surface area contributed by atoms with Crippen LogP contribution in [0.3, 0.4) is 0 Å². The Morgan fingerprint density at radius 2 is 1.79 bits per heavy atom. The average molecular weight is 202 g/mol. The lowest BCUT2D eigenvalue weighted by molar-refractivity contribution is 0.830. The summed E-state index contributed by atoms with van der Waals surface area (Å²) in [4.78, 5) is 0. The van der Waals surface area contributed by atoms with Gasteiger partial charge in [0.15, 0.2) is 0 Å². The average Bonchev–Trinajstić information content (AvgIpc) is 2.12. The Labute approximate surface area is 88.3 Å². The third-order valence-electron chi connectivity index (χ3n) is 2.98. The summed E-state index contributed by atoms with van der Waals surface area (Å²) in [6.07, 6.45) is 6.16. The smallest absolute Gasteiger partial charge is 0.0647 e. The molecule has 0 amide bonds. The van der Waals surface area contributed by atoms with E-state index in [2.05, 4.69) is 43.4 Å². The van der Waals surface area contributed by atoms with Gasteiger partial charge in [-0.15, -0.1) is 0 Å². The van der Waals surface area contributed by atoms with E-state index in [1.54, 1.807) is 10.8 Å². The molecule has 0 atom stereocenters.